The lowest BCUT2D eigenvalue weighted by molar-refractivity contribution is 0.0655. The first-order valence-electron chi connectivity index (χ1n) is 8.35. The molecule has 3 aromatic heterocycles. The number of piperidine rings is 1. The standard InChI is InChI=1S/C18H18N4O3/c23-18(15-4-2-10-24-15)22-8-5-13(6-9-22)11-16-20-17(21-25-16)14-3-1-7-19-12-14/h1-4,7,10,12-13H,5-6,8-9,11H2. The topological polar surface area (TPSA) is 85.3 Å². The lowest BCUT2D eigenvalue weighted by atomic mass is 9.93. The van der Waals surface area contributed by atoms with Gasteiger partial charge < -0.3 is 13.8 Å². The molecule has 0 spiro atoms. The summed E-state index contributed by atoms with van der Waals surface area (Å²) in [4.78, 5) is 22.6. The monoisotopic (exact) mass is 338 g/mol. The third-order valence-corrected chi connectivity index (χ3v) is 4.48. The van der Waals surface area contributed by atoms with Gasteiger partial charge in [-0.15, -0.1) is 0 Å². The molecule has 0 radical (unpaired) electrons. The van der Waals surface area contributed by atoms with Crippen LogP contribution in [0, 0.1) is 5.92 Å². The molecule has 0 N–H and O–H groups in total. The third kappa shape index (κ3) is 3.45. The van der Waals surface area contributed by atoms with Crippen molar-refractivity contribution in [1.82, 2.24) is 20.0 Å². The van der Waals surface area contributed by atoms with Crippen LogP contribution in [0.2, 0.25) is 0 Å². The normalized spacial score (nSPS) is 15.4. The van der Waals surface area contributed by atoms with Crippen molar-refractivity contribution in [1.29, 1.82) is 0 Å². The highest BCUT2D eigenvalue weighted by Crippen LogP contribution is 2.23. The lowest BCUT2D eigenvalue weighted by Crippen LogP contribution is -2.38. The molecule has 128 valence electrons. The molecule has 7 heteroatoms. The Labute approximate surface area is 144 Å². The predicted octanol–water partition coefficient (Wildman–Crippen LogP) is 2.82. The number of carbonyl (C=O) groups excluding carboxylic acids is 1. The van der Waals surface area contributed by atoms with Crippen molar-refractivity contribution >= 4 is 5.91 Å². The summed E-state index contributed by atoms with van der Waals surface area (Å²) in [5.41, 5.74) is 0.844. The number of aromatic nitrogens is 3. The molecule has 4 heterocycles. The molecule has 1 fully saturated rings. The Hall–Kier alpha value is -2.96. The smallest absolute Gasteiger partial charge is 0.289 e. The van der Waals surface area contributed by atoms with Gasteiger partial charge in [0.25, 0.3) is 5.91 Å². The van der Waals surface area contributed by atoms with E-state index >= 15 is 0 Å². The van der Waals surface area contributed by atoms with Gasteiger partial charge in [-0.3, -0.25) is 9.78 Å². The number of pyridine rings is 1. The first kappa shape index (κ1) is 15.6. The summed E-state index contributed by atoms with van der Waals surface area (Å²) in [6.45, 7) is 1.43. The fourth-order valence-electron chi connectivity index (χ4n) is 3.09. The molecule has 3 aromatic rings. The van der Waals surface area contributed by atoms with Crippen LogP contribution in [0.4, 0.5) is 0 Å². The van der Waals surface area contributed by atoms with Crippen LogP contribution in [0.3, 0.4) is 0 Å². The summed E-state index contributed by atoms with van der Waals surface area (Å²) in [5, 5.41) is 4.03. The lowest BCUT2D eigenvalue weighted by Gasteiger charge is -2.30. The molecular weight excluding hydrogens is 320 g/mol. The van der Waals surface area contributed by atoms with E-state index in [9.17, 15) is 4.79 Å². The van der Waals surface area contributed by atoms with Crippen molar-refractivity contribution < 1.29 is 13.7 Å². The Kier molecular flexibility index (Phi) is 4.28. The molecule has 0 aromatic carbocycles. The first-order chi connectivity index (χ1) is 12.3. The second-order valence-electron chi connectivity index (χ2n) is 6.17. The van der Waals surface area contributed by atoms with Crippen LogP contribution in [0.25, 0.3) is 11.4 Å². The third-order valence-electron chi connectivity index (χ3n) is 4.48. The van der Waals surface area contributed by atoms with Crippen molar-refractivity contribution in [3.8, 4) is 11.4 Å². The molecule has 25 heavy (non-hydrogen) atoms. The summed E-state index contributed by atoms with van der Waals surface area (Å²) >= 11 is 0. The number of carbonyl (C=O) groups is 1. The van der Waals surface area contributed by atoms with E-state index in [1.807, 2.05) is 17.0 Å². The maximum atomic E-state index is 12.3. The van der Waals surface area contributed by atoms with Gasteiger partial charge in [-0.2, -0.15) is 4.98 Å². The quantitative estimate of drug-likeness (QED) is 0.727. The molecule has 0 saturated carbocycles. The van der Waals surface area contributed by atoms with Gasteiger partial charge in [0.2, 0.25) is 11.7 Å². The number of likely N-dealkylation sites (tertiary alicyclic amines) is 1. The van der Waals surface area contributed by atoms with Gasteiger partial charge in [-0.05, 0) is 43.0 Å². The zero-order valence-corrected chi connectivity index (χ0v) is 13.7. The van der Waals surface area contributed by atoms with Crippen LogP contribution >= 0.6 is 0 Å². The van der Waals surface area contributed by atoms with Crippen molar-refractivity contribution in [3.63, 3.8) is 0 Å². The first-order valence-corrected chi connectivity index (χ1v) is 8.35. The molecule has 1 aliphatic heterocycles. The minimum atomic E-state index is -0.0416. The summed E-state index contributed by atoms with van der Waals surface area (Å²) < 4.78 is 10.6. The maximum Gasteiger partial charge on any atom is 0.289 e. The van der Waals surface area contributed by atoms with E-state index in [4.69, 9.17) is 8.94 Å². The van der Waals surface area contributed by atoms with E-state index in [2.05, 4.69) is 15.1 Å². The number of furan rings is 1. The fourth-order valence-corrected chi connectivity index (χ4v) is 3.09. The number of rotatable bonds is 4. The highest BCUT2D eigenvalue weighted by molar-refractivity contribution is 5.91. The molecule has 0 aliphatic carbocycles. The SMILES string of the molecule is O=C(c1ccco1)N1CCC(Cc2nc(-c3cccnc3)no2)CC1. The highest BCUT2D eigenvalue weighted by atomic mass is 16.5. The van der Waals surface area contributed by atoms with Crippen LogP contribution < -0.4 is 0 Å². The number of nitrogens with zero attached hydrogens (tertiary/aromatic N) is 4. The van der Waals surface area contributed by atoms with Crippen molar-refractivity contribution in [2.45, 2.75) is 19.3 Å². The van der Waals surface area contributed by atoms with E-state index in [1.165, 1.54) is 6.26 Å². The van der Waals surface area contributed by atoms with Crippen LogP contribution in [-0.4, -0.2) is 39.0 Å². The molecule has 1 aliphatic rings. The molecule has 1 saturated heterocycles. The van der Waals surface area contributed by atoms with E-state index in [0.717, 1.165) is 24.8 Å². The minimum Gasteiger partial charge on any atom is -0.459 e. The Bertz CT molecular complexity index is 821. The predicted molar refractivity (Wildman–Crippen MR) is 88.6 cm³/mol. The fraction of sp³-hybridized carbons (Fsp3) is 0.333. The minimum absolute atomic E-state index is 0.0416. The van der Waals surface area contributed by atoms with Gasteiger partial charge in [-0.1, -0.05) is 5.16 Å². The van der Waals surface area contributed by atoms with Crippen LogP contribution in [0.1, 0.15) is 29.3 Å². The largest absolute Gasteiger partial charge is 0.459 e. The van der Waals surface area contributed by atoms with Gasteiger partial charge >= 0.3 is 0 Å². The number of hydrogen-bond donors (Lipinski definition) is 0. The van der Waals surface area contributed by atoms with E-state index in [-0.39, 0.29) is 5.91 Å². The average molecular weight is 338 g/mol. The van der Waals surface area contributed by atoms with E-state index in [1.54, 1.807) is 24.5 Å². The van der Waals surface area contributed by atoms with Gasteiger partial charge in [0.05, 0.1) is 6.26 Å². The summed E-state index contributed by atoms with van der Waals surface area (Å²) in [6, 6.07) is 7.18. The van der Waals surface area contributed by atoms with E-state index in [0.29, 0.717) is 36.5 Å². The van der Waals surface area contributed by atoms with Crippen LogP contribution in [0.15, 0.2) is 51.9 Å². The zero-order chi connectivity index (χ0) is 17.1. The molecule has 0 unspecified atom stereocenters. The zero-order valence-electron chi connectivity index (χ0n) is 13.7. The molecule has 0 atom stereocenters. The van der Waals surface area contributed by atoms with Crippen LogP contribution in [-0.2, 0) is 6.42 Å². The van der Waals surface area contributed by atoms with Gasteiger partial charge in [-0.25, -0.2) is 0 Å². The Morgan fingerprint density at radius 2 is 2.12 bits per heavy atom. The number of amides is 1. The molecule has 1 amide bonds. The van der Waals surface area contributed by atoms with Crippen LogP contribution in [0.5, 0.6) is 0 Å². The maximum absolute atomic E-state index is 12.3. The number of hydrogen-bond acceptors (Lipinski definition) is 6. The van der Waals surface area contributed by atoms with Gasteiger partial charge in [0.1, 0.15) is 0 Å². The second-order valence-corrected chi connectivity index (χ2v) is 6.17. The highest BCUT2D eigenvalue weighted by Gasteiger charge is 2.26. The Balaban J connectivity index is 1.33. The Morgan fingerprint density at radius 3 is 2.84 bits per heavy atom. The second kappa shape index (κ2) is 6.88. The Morgan fingerprint density at radius 1 is 1.24 bits per heavy atom. The van der Waals surface area contributed by atoms with Crippen molar-refractivity contribution in [2.75, 3.05) is 13.1 Å². The molecule has 7 nitrogen and oxygen atoms in total. The van der Waals surface area contributed by atoms with Crippen molar-refractivity contribution in [3.05, 3.63) is 54.6 Å². The average Bonchev–Trinajstić information content (AvgIpc) is 3.35. The summed E-state index contributed by atoms with van der Waals surface area (Å²) in [5.74, 6) is 1.99. The van der Waals surface area contributed by atoms with Gasteiger partial charge in [0.15, 0.2) is 5.76 Å². The van der Waals surface area contributed by atoms with Gasteiger partial charge in [0, 0.05) is 37.5 Å². The molecule has 4 rings (SSSR count). The molecular formula is C18H18N4O3. The van der Waals surface area contributed by atoms with Crippen molar-refractivity contribution in [2.24, 2.45) is 5.92 Å². The summed E-state index contributed by atoms with van der Waals surface area (Å²) in [6.07, 6.45) is 7.51. The molecule has 0 bridgehead atoms. The summed E-state index contributed by atoms with van der Waals surface area (Å²) in [7, 11) is 0. The van der Waals surface area contributed by atoms with E-state index < -0.39 is 0 Å².